The van der Waals surface area contributed by atoms with Crippen molar-refractivity contribution in [1.29, 1.82) is 0 Å². The van der Waals surface area contributed by atoms with E-state index in [0.29, 0.717) is 5.92 Å². The molecular formula is C16H27ClN2OS. The number of aryl methyl sites for hydroxylation is 2. The van der Waals surface area contributed by atoms with Gasteiger partial charge in [-0.25, -0.2) is 0 Å². The molecule has 1 aromatic heterocycles. The van der Waals surface area contributed by atoms with Crippen LogP contribution in [0.4, 0.5) is 0 Å². The Kier molecular flexibility index (Phi) is 7.17. The predicted octanol–water partition coefficient (Wildman–Crippen LogP) is 3.49. The van der Waals surface area contributed by atoms with E-state index in [-0.39, 0.29) is 24.4 Å². The summed E-state index contributed by atoms with van der Waals surface area (Å²) < 4.78 is 0. The minimum absolute atomic E-state index is 0. The molecule has 0 spiro atoms. The monoisotopic (exact) mass is 330 g/mol. The van der Waals surface area contributed by atoms with E-state index >= 15 is 0 Å². The van der Waals surface area contributed by atoms with Gasteiger partial charge in [-0.3, -0.25) is 4.79 Å². The molecule has 0 saturated carbocycles. The third-order valence-corrected chi connectivity index (χ3v) is 5.43. The van der Waals surface area contributed by atoms with Crippen molar-refractivity contribution in [3.05, 3.63) is 21.4 Å². The van der Waals surface area contributed by atoms with Crippen molar-refractivity contribution in [3.8, 4) is 0 Å². The number of amides is 1. The first-order chi connectivity index (χ1) is 9.49. The van der Waals surface area contributed by atoms with Crippen LogP contribution in [0.2, 0.25) is 0 Å². The first kappa shape index (κ1) is 18.5. The molecule has 0 aromatic carbocycles. The van der Waals surface area contributed by atoms with Crippen molar-refractivity contribution in [2.75, 3.05) is 13.6 Å². The number of rotatable bonds is 5. The molecule has 3 nitrogen and oxygen atoms in total. The summed E-state index contributed by atoms with van der Waals surface area (Å²) in [7, 11) is 1.88. The summed E-state index contributed by atoms with van der Waals surface area (Å²) in [5, 5.41) is 0. The lowest BCUT2D eigenvalue weighted by molar-refractivity contribution is 0.0794. The second kappa shape index (κ2) is 8.16. The lowest BCUT2D eigenvalue weighted by Gasteiger charge is -2.21. The summed E-state index contributed by atoms with van der Waals surface area (Å²) in [6, 6.07) is 2.28. The number of hydrogen-bond donors (Lipinski definition) is 1. The first-order valence-corrected chi connectivity index (χ1v) is 8.43. The number of carbonyl (C=O) groups is 1. The average Bonchev–Trinajstić information content (AvgIpc) is 2.87. The van der Waals surface area contributed by atoms with Crippen LogP contribution in [-0.2, 0) is 12.8 Å². The number of carbonyl (C=O) groups excluding carboxylic acids is 1. The van der Waals surface area contributed by atoms with Crippen LogP contribution >= 0.6 is 23.7 Å². The number of thiophene rings is 1. The quantitative estimate of drug-likeness (QED) is 0.898. The van der Waals surface area contributed by atoms with Gasteiger partial charge in [-0.2, -0.15) is 0 Å². The van der Waals surface area contributed by atoms with Crippen LogP contribution in [0.25, 0.3) is 0 Å². The average molecular weight is 331 g/mol. The Labute approximate surface area is 138 Å². The lowest BCUT2D eigenvalue weighted by Crippen LogP contribution is -2.34. The van der Waals surface area contributed by atoms with Crippen molar-refractivity contribution in [1.82, 2.24) is 4.90 Å². The van der Waals surface area contributed by atoms with E-state index in [1.807, 2.05) is 11.9 Å². The van der Waals surface area contributed by atoms with E-state index in [2.05, 4.69) is 19.9 Å². The van der Waals surface area contributed by atoms with Gasteiger partial charge in [-0.1, -0.05) is 13.8 Å². The maximum Gasteiger partial charge on any atom is 0.263 e. The van der Waals surface area contributed by atoms with Gasteiger partial charge in [0.1, 0.15) is 0 Å². The van der Waals surface area contributed by atoms with Gasteiger partial charge in [-0.05, 0) is 49.7 Å². The Morgan fingerprint density at radius 2 is 2.05 bits per heavy atom. The van der Waals surface area contributed by atoms with Crippen molar-refractivity contribution in [3.63, 3.8) is 0 Å². The van der Waals surface area contributed by atoms with Gasteiger partial charge in [-0.15, -0.1) is 23.7 Å². The number of halogens is 1. The van der Waals surface area contributed by atoms with E-state index in [1.54, 1.807) is 11.3 Å². The smallest absolute Gasteiger partial charge is 0.263 e. The van der Waals surface area contributed by atoms with Crippen molar-refractivity contribution >= 4 is 29.7 Å². The minimum Gasteiger partial charge on any atom is -0.341 e. The number of nitrogens with two attached hydrogens (primary N) is 1. The van der Waals surface area contributed by atoms with Gasteiger partial charge in [0.05, 0.1) is 4.88 Å². The lowest BCUT2D eigenvalue weighted by atomic mass is 9.99. The van der Waals surface area contributed by atoms with Gasteiger partial charge >= 0.3 is 0 Å². The molecule has 1 aromatic rings. The fourth-order valence-electron chi connectivity index (χ4n) is 2.56. The highest BCUT2D eigenvalue weighted by molar-refractivity contribution is 7.14. The van der Waals surface area contributed by atoms with Crippen molar-refractivity contribution in [2.24, 2.45) is 11.7 Å². The predicted molar refractivity (Wildman–Crippen MR) is 92.6 cm³/mol. The molecular weight excluding hydrogens is 304 g/mol. The second-order valence-corrected chi connectivity index (χ2v) is 7.33. The van der Waals surface area contributed by atoms with E-state index < -0.39 is 0 Å². The van der Waals surface area contributed by atoms with E-state index in [0.717, 1.165) is 30.7 Å². The fraction of sp³-hybridized carbons (Fsp3) is 0.688. The van der Waals surface area contributed by atoms with E-state index in [4.69, 9.17) is 5.73 Å². The van der Waals surface area contributed by atoms with Crippen LogP contribution in [-0.4, -0.2) is 30.4 Å². The summed E-state index contributed by atoms with van der Waals surface area (Å²) in [5.74, 6) is 0.618. The molecule has 0 saturated heterocycles. The molecule has 1 atom stereocenters. The van der Waals surface area contributed by atoms with Crippen LogP contribution in [0.1, 0.15) is 53.2 Å². The van der Waals surface area contributed by atoms with Crippen LogP contribution in [0.3, 0.4) is 0 Å². The zero-order valence-corrected chi connectivity index (χ0v) is 14.9. The zero-order valence-electron chi connectivity index (χ0n) is 13.2. The molecule has 21 heavy (non-hydrogen) atoms. The molecule has 1 unspecified atom stereocenters. The van der Waals surface area contributed by atoms with Crippen molar-refractivity contribution < 1.29 is 4.79 Å². The highest BCUT2D eigenvalue weighted by Gasteiger charge is 2.20. The molecule has 1 heterocycles. The van der Waals surface area contributed by atoms with Crippen molar-refractivity contribution in [2.45, 2.75) is 52.0 Å². The van der Waals surface area contributed by atoms with Crippen LogP contribution in [0.15, 0.2) is 6.07 Å². The molecule has 1 aliphatic rings. The number of hydrogen-bond acceptors (Lipinski definition) is 3. The normalized spacial score (nSPS) is 15.3. The first-order valence-electron chi connectivity index (χ1n) is 7.61. The Morgan fingerprint density at radius 1 is 1.38 bits per heavy atom. The molecule has 1 amide bonds. The summed E-state index contributed by atoms with van der Waals surface area (Å²) in [6.07, 6.45) is 5.68. The third kappa shape index (κ3) is 4.70. The summed E-state index contributed by atoms with van der Waals surface area (Å²) in [5.41, 5.74) is 7.45. The Morgan fingerprint density at radius 3 is 2.67 bits per heavy atom. The molecule has 5 heteroatoms. The van der Waals surface area contributed by atoms with Gasteiger partial charge in [0.15, 0.2) is 0 Å². The van der Waals surface area contributed by atoms with Gasteiger partial charge in [0, 0.05) is 24.5 Å². The number of nitrogens with zero attached hydrogens (tertiary/aromatic N) is 1. The standard InChI is InChI=1S/C16H26N2OS.ClH/c1-11(2)13(17)8-9-18(3)16(19)15-10-12-6-4-5-7-14(12)20-15;/h10-11,13H,4-9,17H2,1-3H3;1H. The summed E-state index contributed by atoms with van der Waals surface area (Å²) in [6.45, 7) is 4.99. The Balaban J connectivity index is 0.00000220. The molecule has 0 bridgehead atoms. The second-order valence-electron chi connectivity index (χ2n) is 6.19. The Hall–Kier alpha value is -0.580. The van der Waals surface area contributed by atoms with E-state index in [1.165, 1.54) is 23.3 Å². The topological polar surface area (TPSA) is 46.3 Å². The van der Waals surface area contributed by atoms with Crippen LogP contribution in [0.5, 0.6) is 0 Å². The molecule has 120 valence electrons. The van der Waals surface area contributed by atoms with Crippen LogP contribution in [0, 0.1) is 5.92 Å². The maximum atomic E-state index is 12.4. The van der Waals surface area contributed by atoms with Gasteiger partial charge in [0.2, 0.25) is 0 Å². The minimum atomic E-state index is 0. The molecule has 0 aliphatic heterocycles. The number of fused-ring (bicyclic) bond motifs is 1. The highest BCUT2D eigenvalue weighted by atomic mass is 35.5. The molecule has 0 fully saturated rings. The molecule has 1 aliphatic carbocycles. The Bertz CT molecular complexity index is 449. The third-order valence-electron chi connectivity index (χ3n) is 4.21. The molecule has 2 rings (SSSR count). The summed E-state index contributed by atoms with van der Waals surface area (Å²) in [4.78, 5) is 16.6. The largest absolute Gasteiger partial charge is 0.341 e. The fourth-order valence-corrected chi connectivity index (χ4v) is 3.81. The zero-order chi connectivity index (χ0) is 14.7. The van der Waals surface area contributed by atoms with Crippen LogP contribution < -0.4 is 5.73 Å². The maximum absolute atomic E-state index is 12.4. The SMILES string of the molecule is CC(C)C(N)CCN(C)C(=O)c1cc2c(s1)CCCC2.Cl. The van der Waals surface area contributed by atoms with Gasteiger partial charge < -0.3 is 10.6 Å². The van der Waals surface area contributed by atoms with E-state index in [9.17, 15) is 4.79 Å². The van der Waals surface area contributed by atoms with Gasteiger partial charge in [0.25, 0.3) is 5.91 Å². The molecule has 2 N–H and O–H groups in total. The highest BCUT2D eigenvalue weighted by Crippen LogP contribution is 2.30. The molecule has 0 radical (unpaired) electrons. The summed E-state index contributed by atoms with van der Waals surface area (Å²) >= 11 is 1.69.